The van der Waals surface area contributed by atoms with Crippen LogP contribution in [-0.2, 0) is 16.0 Å². The number of ether oxygens (including phenoxy) is 1. The third-order valence-electron chi connectivity index (χ3n) is 8.32. The van der Waals surface area contributed by atoms with Crippen LogP contribution in [0.3, 0.4) is 0 Å². The first kappa shape index (κ1) is 25.4. The minimum atomic E-state index is -4.35. The molecule has 3 atom stereocenters. The maximum atomic E-state index is 13.4. The third kappa shape index (κ3) is 5.37. The number of fused-ring (bicyclic) bond motifs is 1. The van der Waals surface area contributed by atoms with Crippen LogP contribution in [0.1, 0.15) is 80.9 Å². The normalized spacial score (nSPS) is 29.3. The molecule has 5 rings (SSSR count). The second kappa shape index (κ2) is 10.2. The van der Waals surface area contributed by atoms with Gasteiger partial charge in [-0.15, -0.1) is 0 Å². The molecule has 3 N–H and O–H groups in total. The van der Waals surface area contributed by atoms with Crippen molar-refractivity contribution >= 4 is 11.7 Å². The molecule has 2 aromatic rings. The third-order valence-corrected chi connectivity index (χ3v) is 8.32. The van der Waals surface area contributed by atoms with Crippen molar-refractivity contribution in [2.45, 2.75) is 76.4 Å². The molecule has 3 fully saturated rings. The molecular weight excluding hydrogens is 473 g/mol. The highest BCUT2D eigenvalue weighted by Crippen LogP contribution is 2.37. The van der Waals surface area contributed by atoms with Crippen molar-refractivity contribution in [2.24, 2.45) is 29.4 Å². The standard InChI is InChI=1S/C25H35F3N6O2/c1-14-2-4-15(5-3-14)21(29)20-13-34-24(31-20)32-22(16-6-8-36-9-7-16)19(33-34)11-17-10-18(25(26,27)28)12-30-23(17)35/h13-18,21H,2-12,29H2,1H3,(H,30,35)/t14?,15?,17-,18-,21+/m1/s1. The van der Waals surface area contributed by atoms with Gasteiger partial charge in [-0.05, 0) is 43.9 Å². The highest BCUT2D eigenvalue weighted by atomic mass is 19.4. The Kier molecular flexibility index (Phi) is 7.22. The van der Waals surface area contributed by atoms with Gasteiger partial charge in [0.1, 0.15) is 0 Å². The van der Waals surface area contributed by atoms with Gasteiger partial charge in [0.05, 0.1) is 35.2 Å². The number of imidazole rings is 1. The lowest BCUT2D eigenvalue weighted by molar-refractivity contribution is -0.183. The van der Waals surface area contributed by atoms with Gasteiger partial charge < -0.3 is 15.8 Å². The van der Waals surface area contributed by atoms with Gasteiger partial charge in [-0.25, -0.2) is 14.5 Å². The van der Waals surface area contributed by atoms with Crippen LogP contribution in [0.2, 0.25) is 0 Å². The summed E-state index contributed by atoms with van der Waals surface area (Å²) in [5.74, 6) is -1.16. The molecule has 0 bridgehead atoms. The van der Waals surface area contributed by atoms with E-state index in [0.717, 1.165) is 50.1 Å². The van der Waals surface area contributed by atoms with E-state index in [1.165, 1.54) is 0 Å². The minimum absolute atomic E-state index is 0.0602. The number of carbonyl (C=O) groups is 1. The number of halogens is 3. The molecule has 0 radical (unpaired) electrons. The molecule has 8 nitrogen and oxygen atoms in total. The molecule has 0 unspecified atom stereocenters. The zero-order chi connectivity index (χ0) is 25.4. The number of piperidine rings is 1. The average Bonchev–Trinajstić information content (AvgIpc) is 3.28. The minimum Gasteiger partial charge on any atom is -0.381 e. The average molecular weight is 509 g/mol. The van der Waals surface area contributed by atoms with Crippen molar-refractivity contribution in [2.75, 3.05) is 19.8 Å². The van der Waals surface area contributed by atoms with Gasteiger partial charge in [0.25, 0.3) is 5.78 Å². The fourth-order valence-electron chi connectivity index (χ4n) is 5.93. The van der Waals surface area contributed by atoms with Crippen LogP contribution >= 0.6 is 0 Å². The van der Waals surface area contributed by atoms with Crippen LogP contribution in [-0.4, -0.2) is 51.4 Å². The first-order valence-corrected chi connectivity index (χ1v) is 13.1. The lowest BCUT2D eigenvalue weighted by Gasteiger charge is -2.31. The number of nitrogens with zero attached hydrogens (tertiary/aromatic N) is 4. The Morgan fingerprint density at radius 1 is 1.17 bits per heavy atom. The second-order valence-electron chi connectivity index (χ2n) is 10.9. The Balaban J connectivity index is 1.45. The van der Waals surface area contributed by atoms with E-state index in [4.69, 9.17) is 25.5 Å². The summed E-state index contributed by atoms with van der Waals surface area (Å²) >= 11 is 0. The molecule has 4 heterocycles. The topological polar surface area (TPSA) is 107 Å². The Labute approximate surface area is 208 Å². The lowest BCUT2D eigenvalue weighted by atomic mass is 9.79. The Bertz CT molecular complexity index is 1080. The van der Waals surface area contributed by atoms with E-state index in [-0.39, 0.29) is 37.3 Å². The van der Waals surface area contributed by atoms with Crippen molar-refractivity contribution in [1.82, 2.24) is 24.9 Å². The van der Waals surface area contributed by atoms with Crippen LogP contribution in [0.5, 0.6) is 0 Å². The van der Waals surface area contributed by atoms with Crippen molar-refractivity contribution in [3.05, 3.63) is 23.3 Å². The number of aromatic nitrogens is 4. The van der Waals surface area contributed by atoms with E-state index in [1.54, 1.807) is 10.7 Å². The molecule has 36 heavy (non-hydrogen) atoms. The summed E-state index contributed by atoms with van der Waals surface area (Å²) < 4.78 is 47.3. The molecule has 0 aromatic carbocycles. The zero-order valence-electron chi connectivity index (χ0n) is 20.6. The molecule has 0 spiro atoms. The van der Waals surface area contributed by atoms with E-state index < -0.39 is 18.0 Å². The number of hydrogen-bond acceptors (Lipinski definition) is 6. The molecule has 198 valence electrons. The molecule has 2 saturated heterocycles. The van der Waals surface area contributed by atoms with Gasteiger partial charge in [0, 0.05) is 38.0 Å². The summed E-state index contributed by atoms with van der Waals surface area (Å²) in [7, 11) is 0. The van der Waals surface area contributed by atoms with E-state index in [0.29, 0.717) is 36.3 Å². The van der Waals surface area contributed by atoms with E-state index in [9.17, 15) is 18.0 Å². The maximum absolute atomic E-state index is 13.4. The molecule has 3 aliphatic rings. The highest BCUT2D eigenvalue weighted by molar-refractivity contribution is 5.79. The Hall–Kier alpha value is -2.27. The smallest absolute Gasteiger partial charge is 0.381 e. The van der Waals surface area contributed by atoms with Crippen LogP contribution < -0.4 is 11.1 Å². The predicted octanol–water partition coefficient (Wildman–Crippen LogP) is 3.70. The lowest BCUT2D eigenvalue weighted by Crippen LogP contribution is -2.47. The molecule has 1 amide bonds. The second-order valence-corrected chi connectivity index (χ2v) is 10.9. The van der Waals surface area contributed by atoms with Crippen LogP contribution in [0.4, 0.5) is 13.2 Å². The predicted molar refractivity (Wildman–Crippen MR) is 126 cm³/mol. The van der Waals surface area contributed by atoms with Gasteiger partial charge in [-0.2, -0.15) is 18.3 Å². The number of hydrogen-bond donors (Lipinski definition) is 2. The molecule has 1 saturated carbocycles. The van der Waals surface area contributed by atoms with E-state index >= 15 is 0 Å². The van der Waals surface area contributed by atoms with Gasteiger partial charge in [0.15, 0.2) is 0 Å². The van der Waals surface area contributed by atoms with Gasteiger partial charge in [-0.3, -0.25) is 4.79 Å². The van der Waals surface area contributed by atoms with Crippen molar-refractivity contribution in [3.63, 3.8) is 0 Å². The highest BCUT2D eigenvalue weighted by Gasteiger charge is 2.45. The monoisotopic (exact) mass is 508 g/mol. The molecule has 2 aliphatic heterocycles. The first-order chi connectivity index (χ1) is 17.2. The molecule has 11 heteroatoms. The number of carbonyl (C=O) groups excluding carboxylic acids is 1. The fraction of sp³-hybridized carbons (Fsp3) is 0.760. The number of nitrogens with one attached hydrogen (secondary N) is 1. The number of amides is 1. The van der Waals surface area contributed by atoms with Crippen molar-refractivity contribution < 1.29 is 22.7 Å². The summed E-state index contributed by atoms with van der Waals surface area (Å²) in [5, 5.41) is 7.20. The first-order valence-electron chi connectivity index (χ1n) is 13.1. The van der Waals surface area contributed by atoms with Crippen molar-refractivity contribution in [3.8, 4) is 0 Å². The summed E-state index contributed by atoms with van der Waals surface area (Å²) in [6, 6.07) is -0.215. The van der Waals surface area contributed by atoms with E-state index in [1.807, 2.05) is 0 Å². The molecule has 1 aliphatic carbocycles. The van der Waals surface area contributed by atoms with Crippen LogP contribution in [0, 0.1) is 23.7 Å². The number of alkyl halides is 3. The summed E-state index contributed by atoms with van der Waals surface area (Å²) in [5.41, 5.74) is 8.62. The number of rotatable bonds is 5. The zero-order valence-corrected chi connectivity index (χ0v) is 20.6. The quantitative estimate of drug-likeness (QED) is 0.638. The largest absolute Gasteiger partial charge is 0.393 e. The molecule has 2 aromatic heterocycles. The Morgan fingerprint density at radius 2 is 1.89 bits per heavy atom. The van der Waals surface area contributed by atoms with Gasteiger partial charge >= 0.3 is 6.18 Å². The van der Waals surface area contributed by atoms with Crippen LogP contribution in [0.25, 0.3) is 5.78 Å². The summed E-state index contributed by atoms with van der Waals surface area (Å²) in [6.07, 6.45) is 3.22. The van der Waals surface area contributed by atoms with Gasteiger partial charge in [0.2, 0.25) is 5.91 Å². The SMILES string of the molecule is CC1CCC([C@H](N)c2cn3nc(C[C@H]4C[C@@H](C(F)(F)F)CNC4=O)c(C4CCOCC4)nc3n2)CC1. The fourth-order valence-corrected chi connectivity index (χ4v) is 5.93. The summed E-state index contributed by atoms with van der Waals surface area (Å²) in [6.45, 7) is 3.06. The van der Waals surface area contributed by atoms with Gasteiger partial charge in [-0.1, -0.05) is 19.8 Å². The summed E-state index contributed by atoms with van der Waals surface area (Å²) in [4.78, 5) is 22.1. The van der Waals surface area contributed by atoms with Crippen molar-refractivity contribution in [1.29, 1.82) is 0 Å². The molecular formula is C25H35F3N6O2. The van der Waals surface area contributed by atoms with E-state index in [2.05, 4.69) is 12.2 Å². The number of nitrogens with two attached hydrogens (primary N) is 1. The maximum Gasteiger partial charge on any atom is 0.393 e. The van der Waals surface area contributed by atoms with Crippen LogP contribution in [0.15, 0.2) is 6.20 Å². The Morgan fingerprint density at radius 3 is 2.58 bits per heavy atom.